The van der Waals surface area contributed by atoms with E-state index in [1.807, 2.05) is 17.0 Å². The summed E-state index contributed by atoms with van der Waals surface area (Å²) in [4.78, 5) is 17.1. The van der Waals surface area contributed by atoms with Crippen molar-refractivity contribution in [2.24, 2.45) is 5.92 Å². The van der Waals surface area contributed by atoms with E-state index in [9.17, 15) is 4.79 Å². The molecule has 1 saturated carbocycles. The number of carbonyl (C=O) groups excluding carboxylic acids is 1. The molecule has 1 aromatic rings. The van der Waals surface area contributed by atoms with Crippen LogP contribution < -0.4 is 0 Å². The van der Waals surface area contributed by atoms with Crippen LogP contribution in [-0.2, 0) is 0 Å². The normalized spacial score (nSPS) is 26.9. The molecule has 1 saturated heterocycles. The highest BCUT2D eigenvalue weighted by atomic mass is 35.5. The molecule has 1 aliphatic carbocycles. The average molecular weight is 321 g/mol. The first-order valence-electron chi connectivity index (χ1n) is 8.44. The second kappa shape index (κ2) is 7.01. The second-order valence-electron chi connectivity index (χ2n) is 6.67. The van der Waals surface area contributed by atoms with Gasteiger partial charge in [-0.3, -0.25) is 9.69 Å². The van der Waals surface area contributed by atoms with Gasteiger partial charge in [0.25, 0.3) is 5.91 Å². The number of benzene rings is 1. The van der Waals surface area contributed by atoms with Crippen LogP contribution in [0, 0.1) is 5.92 Å². The fourth-order valence-corrected chi connectivity index (χ4v) is 4.09. The maximum Gasteiger partial charge on any atom is 0.253 e. The highest BCUT2D eigenvalue weighted by Gasteiger charge is 2.30. The van der Waals surface area contributed by atoms with Crippen LogP contribution in [0.4, 0.5) is 0 Å². The maximum absolute atomic E-state index is 12.5. The molecule has 0 radical (unpaired) electrons. The number of carbonyl (C=O) groups is 1. The van der Waals surface area contributed by atoms with Crippen LogP contribution in [0.25, 0.3) is 0 Å². The second-order valence-corrected chi connectivity index (χ2v) is 7.10. The van der Waals surface area contributed by atoms with Crippen molar-refractivity contribution in [1.82, 2.24) is 9.80 Å². The highest BCUT2D eigenvalue weighted by molar-refractivity contribution is 6.30. The number of halogens is 1. The predicted molar refractivity (Wildman–Crippen MR) is 90.3 cm³/mol. The SMILES string of the molecule is C[C@H]1CCCC[C@@H]1N1CCN(C(=O)c2cccc(Cl)c2)CC1. The van der Waals surface area contributed by atoms with Gasteiger partial charge >= 0.3 is 0 Å². The van der Waals surface area contributed by atoms with E-state index in [-0.39, 0.29) is 5.91 Å². The molecule has 0 N–H and O–H groups in total. The van der Waals surface area contributed by atoms with E-state index in [2.05, 4.69) is 11.8 Å². The molecule has 1 amide bonds. The Balaban J connectivity index is 1.58. The number of piperazine rings is 1. The van der Waals surface area contributed by atoms with Gasteiger partial charge in [-0.2, -0.15) is 0 Å². The van der Waals surface area contributed by atoms with E-state index in [1.165, 1.54) is 25.7 Å². The lowest BCUT2D eigenvalue weighted by molar-refractivity contribution is 0.0423. The Morgan fingerprint density at radius 2 is 1.86 bits per heavy atom. The first-order valence-corrected chi connectivity index (χ1v) is 8.82. The molecule has 120 valence electrons. The summed E-state index contributed by atoms with van der Waals surface area (Å²) < 4.78 is 0. The maximum atomic E-state index is 12.5. The first kappa shape index (κ1) is 15.8. The molecule has 1 heterocycles. The minimum atomic E-state index is 0.110. The highest BCUT2D eigenvalue weighted by Crippen LogP contribution is 2.28. The molecule has 22 heavy (non-hydrogen) atoms. The summed E-state index contributed by atoms with van der Waals surface area (Å²) in [6.07, 6.45) is 5.41. The van der Waals surface area contributed by atoms with E-state index in [0.717, 1.165) is 38.1 Å². The minimum absolute atomic E-state index is 0.110. The Hall–Kier alpha value is -1.06. The average Bonchev–Trinajstić information content (AvgIpc) is 2.55. The molecule has 3 rings (SSSR count). The monoisotopic (exact) mass is 320 g/mol. The van der Waals surface area contributed by atoms with E-state index in [1.54, 1.807) is 12.1 Å². The smallest absolute Gasteiger partial charge is 0.253 e. The van der Waals surface area contributed by atoms with Gasteiger partial charge in [0.2, 0.25) is 0 Å². The van der Waals surface area contributed by atoms with Crippen LogP contribution in [0.5, 0.6) is 0 Å². The van der Waals surface area contributed by atoms with Crippen molar-refractivity contribution < 1.29 is 4.79 Å². The first-order chi connectivity index (χ1) is 10.6. The molecule has 4 heteroatoms. The van der Waals surface area contributed by atoms with Gasteiger partial charge in [0.15, 0.2) is 0 Å². The van der Waals surface area contributed by atoms with Crippen molar-refractivity contribution in [1.29, 1.82) is 0 Å². The van der Waals surface area contributed by atoms with Crippen LogP contribution in [0.1, 0.15) is 43.0 Å². The fourth-order valence-electron chi connectivity index (χ4n) is 3.90. The van der Waals surface area contributed by atoms with E-state index < -0.39 is 0 Å². The molecule has 1 aromatic carbocycles. The molecule has 1 aliphatic heterocycles. The zero-order valence-electron chi connectivity index (χ0n) is 13.3. The quantitative estimate of drug-likeness (QED) is 0.830. The van der Waals surface area contributed by atoms with E-state index >= 15 is 0 Å². The van der Waals surface area contributed by atoms with Gasteiger partial charge in [-0.25, -0.2) is 0 Å². The lowest BCUT2D eigenvalue weighted by atomic mass is 9.84. The number of hydrogen-bond acceptors (Lipinski definition) is 2. The number of rotatable bonds is 2. The van der Waals surface area contributed by atoms with Gasteiger partial charge in [0.1, 0.15) is 0 Å². The molecule has 0 bridgehead atoms. The third kappa shape index (κ3) is 3.47. The van der Waals surface area contributed by atoms with E-state index in [0.29, 0.717) is 10.6 Å². The summed E-state index contributed by atoms with van der Waals surface area (Å²) in [6, 6.07) is 7.98. The van der Waals surface area contributed by atoms with Gasteiger partial charge in [-0.15, -0.1) is 0 Å². The lowest BCUT2D eigenvalue weighted by Crippen LogP contribution is -2.53. The summed E-state index contributed by atoms with van der Waals surface area (Å²) in [5.74, 6) is 0.905. The summed E-state index contributed by atoms with van der Waals surface area (Å²) in [5, 5.41) is 0.625. The van der Waals surface area contributed by atoms with Crippen molar-refractivity contribution in [3.8, 4) is 0 Å². The topological polar surface area (TPSA) is 23.6 Å². The van der Waals surface area contributed by atoms with Crippen LogP contribution >= 0.6 is 11.6 Å². The van der Waals surface area contributed by atoms with Crippen LogP contribution in [0.15, 0.2) is 24.3 Å². The largest absolute Gasteiger partial charge is 0.336 e. The standard InChI is InChI=1S/C18H25ClN2O/c1-14-5-2-3-8-17(14)20-9-11-21(12-10-20)18(22)15-6-4-7-16(19)13-15/h4,6-7,13-14,17H,2-3,5,8-12H2,1H3/t14-,17-/m0/s1. The summed E-state index contributed by atoms with van der Waals surface area (Å²) >= 11 is 5.99. The Bertz CT molecular complexity index is 526. The summed E-state index contributed by atoms with van der Waals surface area (Å²) in [5.41, 5.74) is 0.701. The molecule has 0 aromatic heterocycles. The number of nitrogens with zero attached hydrogens (tertiary/aromatic N) is 2. The zero-order chi connectivity index (χ0) is 15.5. The Morgan fingerprint density at radius 3 is 2.55 bits per heavy atom. The van der Waals surface area contributed by atoms with Crippen LogP contribution in [-0.4, -0.2) is 47.9 Å². The number of amides is 1. The van der Waals surface area contributed by atoms with Crippen molar-refractivity contribution in [2.75, 3.05) is 26.2 Å². The third-order valence-corrected chi connectivity index (χ3v) is 5.44. The Morgan fingerprint density at radius 1 is 1.14 bits per heavy atom. The molecular weight excluding hydrogens is 296 g/mol. The molecular formula is C18H25ClN2O. The van der Waals surface area contributed by atoms with Crippen molar-refractivity contribution in [3.63, 3.8) is 0 Å². The Labute approximate surface area is 138 Å². The van der Waals surface area contributed by atoms with Gasteiger partial charge in [-0.05, 0) is 37.0 Å². The molecule has 0 spiro atoms. The van der Waals surface area contributed by atoms with Crippen molar-refractivity contribution in [3.05, 3.63) is 34.9 Å². The predicted octanol–water partition coefficient (Wildman–Crippen LogP) is 3.68. The van der Waals surface area contributed by atoms with Crippen LogP contribution in [0.2, 0.25) is 5.02 Å². The summed E-state index contributed by atoms with van der Waals surface area (Å²) in [6.45, 7) is 6.04. The Kier molecular flexibility index (Phi) is 5.04. The van der Waals surface area contributed by atoms with Crippen molar-refractivity contribution in [2.45, 2.75) is 38.6 Å². The van der Waals surface area contributed by atoms with Gasteiger partial charge in [0.05, 0.1) is 0 Å². The van der Waals surface area contributed by atoms with Crippen molar-refractivity contribution >= 4 is 17.5 Å². The minimum Gasteiger partial charge on any atom is -0.336 e. The van der Waals surface area contributed by atoms with Gasteiger partial charge in [-0.1, -0.05) is 37.4 Å². The molecule has 0 unspecified atom stereocenters. The zero-order valence-corrected chi connectivity index (χ0v) is 14.1. The number of hydrogen-bond donors (Lipinski definition) is 0. The molecule has 2 fully saturated rings. The summed E-state index contributed by atoms with van der Waals surface area (Å²) in [7, 11) is 0. The molecule has 2 aliphatic rings. The fraction of sp³-hybridized carbons (Fsp3) is 0.611. The van der Waals surface area contributed by atoms with E-state index in [4.69, 9.17) is 11.6 Å². The van der Waals surface area contributed by atoms with Crippen LogP contribution in [0.3, 0.4) is 0 Å². The van der Waals surface area contributed by atoms with Gasteiger partial charge in [0, 0.05) is 42.8 Å². The third-order valence-electron chi connectivity index (χ3n) is 5.21. The van der Waals surface area contributed by atoms with Gasteiger partial charge < -0.3 is 4.90 Å². The lowest BCUT2D eigenvalue weighted by Gasteiger charge is -2.43. The molecule has 2 atom stereocenters. The molecule has 3 nitrogen and oxygen atoms in total.